The van der Waals surface area contributed by atoms with Gasteiger partial charge in [-0.2, -0.15) is 0 Å². The Morgan fingerprint density at radius 3 is 2.82 bits per heavy atom. The minimum absolute atomic E-state index is 0.547. The zero-order valence-corrected chi connectivity index (χ0v) is 6.56. The first kappa shape index (κ1) is 6.42. The second-order valence-corrected chi connectivity index (χ2v) is 2.70. The second kappa shape index (κ2) is 2.10. The Morgan fingerprint density at radius 2 is 2.09 bits per heavy atom. The van der Waals surface area contributed by atoms with E-state index >= 15 is 0 Å². The van der Waals surface area contributed by atoms with Crippen LogP contribution < -0.4 is 5.84 Å². The lowest BCUT2D eigenvalue weighted by Crippen LogP contribution is -2.06. The van der Waals surface area contributed by atoms with Crippen LogP contribution in [0.1, 0.15) is 0 Å². The third-order valence-electron chi connectivity index (χ3n) is 1.62. The van der Waals surface area contributed by atoms with Crippen molar-refractivity contribution in [2.24, 2.45) is 0 Å². The van der Waals surface area contributed by atoms with Crippen LogP contribution in [0, 0.1) is 4.77 Å². The number of hydrogen-bond acceptors (Lipinski definition) is 2. The van der Waals surface area contributed by atoms with Gasteiger partial charge >= 0.3 is 0 Å². The molecule has 2 rings (SSSR count). The molecule has 1 aromatic carbocycles. The lowest BCUT2D eigenvalue weighted by atomic mass is 10.3. The van der Waals surface area contributed by atoms with Crippen molar-refractivity contribution in [3.63, 3.8) is 0 Å². The van der Waals surface area contributed by atoms with Gasteiger partial charge in [-0.1, -0.05) is 12.1 Å². The predicted octanol–water partition coefficient (Wildman–Crippen LogP) is 1.41. The number of fused-ring (bicyclic) bond motifs is 1. The summed E-state index contributed by atoms with van der Waals surface area (Å²) in [7, 11) is 0. The maximum Gasteiger partial charge on any atom is 0.196 e. The summed E-state index contributed by atoms with van der Waals surface area (Å²) >= 11 is 4.94. The average molecular weight is 165 g/mol. The molecule has 0 aliphatic heterocycles. The maximum absolute atomic E-state index is 5.62. The molecule has 0 aliphatic carbocycles. The summed E-state index contributed by atoms with van der Waals surface area (Å²) in [4.78, 5) is 2.98. The number of imidazole rings is 1. The molecule has 56 valence electrons. The standard InChI is InChI=1S/C7H7N3S/c8-10-6-4-2-1-3-5(6)9-7(10)11/h1-4H,8H2,(H,9,11). The Kier molecular flexibility index (Phi) is 1.22. The van der Waals surface area contributed by atoms with Gasteiger partial charge in [0, 0.05) is 0 Å². The molecule has 0 fully saturated rings. The van der Waals surface area contributed by atoms with Gasteiger partial charge in [0.15, 0.2) is 4.77 Å². The topological polar surface area (TPSA) is 46.7 Å². The van der Waals surface area contributed by atoms with Crippen molar-refractivity contribution in [2.45, 2.75) is 0 Å². The van der Waals surface area contributed by atoms with Crippen molar-refractivity contribution in [3.8, 4) is 0 Å². The lowest BCUT2D eigenvalue weighted by molar-refractivity contribution is 1.01. The van der Waals surface area contributed by atoms with Crippen molar-refractivity contribution in [1.29, 1.82) is 0 Å². The molecular weight excluding hydrogens is 158 g/mol. The highest BCUT2D eigenvalue weighted by atomic mass is 32.1. The van der Waals surface area contributed by atoms with E-state index in [1.54, 1.807) is 0 Å². The zero-order chi connectivity index (χ0) is 7.84. The van der Waals surface area contributed by atoms with Gasteiger partial charge in [-0.3, -0.25) is 0 Å². The maximum atomic E-state index is 5.62. The number of para-hydroxylation sites is 2. The Labute approximate surface area is 68.4 Å². The fourth-order valence-electron chi connectivity index (χ4n) is 1.07. The molecule has 4 heteroatoms. The number of nitrogens with zero attached hydrogens (tertiary/aromatic N) is 1. The van der Waals surface area contributed by atoms with Crippen molar-refractivity contribution < 1.29 is 0 Å². The summed E-state index contributed by atoms with van der Waals surface area (Å²) in [5.41, 5.74) is 1.90. The average Bonchev–Trinajstić information content (AvgIpc) is 2.30. The van der Waals surface area contributed by atoms with Crippen molar-refractivity contribution >= 4 is 23.3 Å². The van der Waals surface area contributed by atoms with E-state index in [2.05, 4.69) is 4.98 Å². The first-order chi connectivity index (χ1) is 5.29. The fraction of sp³-hybridized carbons (Fsp3) is 0. The quantitative estimate of drug-likeness (QED) is 0.458. The molecule has 2 aromatic rings. The second-order valence-electron chi connectivity index (χ2n) is 2.32. The zero-order valence-electron chi connectivity index (χ0n) is 5.74. The third kappa shape index (κ3) is 0.832. The number of H-pyrrole nitrogens is 1. The molecular formula is C7H7N3S. The smallest absolute Gasteiger partial charge is 0.196 e. The van der Waals surface area contributed by atoms with Crippen LogP contribution in [-0.4, -0.2) is 9.66 Å². The van der Waals surface area contributed by atoms with Crippen LogP contribution in [-0.2, 0) is 0 Å². The van der Waals surface area contributed by atoms with E-state index in [0.717, 1.165) is 11.0 Å². The van der Waals surface area contributed by atoms with Crippen LogP contribution in [0.3, 0.4) is 0 Å². The number of rotatable bonds is 0. The van der Waals surface area contributed by atoms with E-state index in [1.165, 1.54) is 4.68 Å². The molecule has 0 spiro atoms. The molecule has 1 heterocycles. The number of hydrogen-bond donors (Lipinski definition) is 2. The van der Waals surface area contributed by atoms with E-state index in [-0.39, 0.29) is 0 Å². The summed E-state index contributed by atoms with van der Waals surface area (Å²) < 4.78 is 2.01. The summed E-state index contributed by atoms with van der Waals surface area (Å²) in [6.45, 7) is 0. The SMILES string of the molecule is Nn1c(=S)[nH]c2ccccc21. The molecule has 11 heavy (non-hydrogen) atoms. The third-order valence-corrected chi connectivity index (χ3v) is 1.92. The molecule has 0 bridgehead atoms. The van der Waals surface area contributed by atoms with E-state index < -0.39 is 0 Å². The molecule has 1 aromatic heterocycles. The van der Waals surface area contributed by atoms with E-state index in [0.29, 0.717) is 4.77 Å². The lowest BCUT2D eigenvalue weighted by Gasteiger charge is -1.91. The first-order valence-electron chi connectivity index (χ1n) is 3.24. The Morgan fingerprint density at radius 1 is 1.36 bits per heavy atom. The van der Waals surface area contributed by atoms with Crippen LogP contribution in [0.2, 0.25) is 0 Å². The van der Waals surface area contributed by atoms with Gasteiger partial charge in [0.1, 0.15) is 0 Å². The van der Waals surface area contributed by atoms with Crippen molar-refractivity contribution in [1.82, 2.24) is 9.66 Å². The highest BCUT2D eigenvalue weighted by Gasteiger charge is 1.97. The number of nitrogens with one attached hydrogen (secondary N) is 1. The molecule has 0 saturated carbocycles. The van der Waals surface area contributed by atoms with Gasteiger partial charge < -0.3 is 10.8 Å². The normalized spacial score (nSPS) is 10.5. The van der Waals surface area contributed by atoms with Crippen LogP contribution in [0.15, 0.2) is 24.3 Å². The predicted molar refractivity (Wildman–Crippen MR) is 47.3 cm³/mol. The molecule has 0 atom stereocenters. The molecule has 0 saturated heterocycles. The molecule has 3 nitrogen and oxygen atoms in total. The summed E-state index contributed by atoms with van der Waals surface area (Å²) in [5, 5.41) is 0. The van der Waals surface area contributed by atoms with Crippen LogP contribution in [0.5, 0.6) is 0 Å². The first-order valence-corrected chi connectivity index (χ1v) is 3.65. The van der Waals surface area contributed by atoms with E-state index in [9.17, 15) is 0 Å². The van der Waals surface area contributed by atoms with Crippen LogP contribution in [0.4, 0.5) is 0 Å². The van der Waals surface area contributed by atoms with Crippen molar-refractivity contribution in [3.05, 3.63) is 29.0 Å². The highest BCUT2D eigenvalue weighted by molar-refractivity contribution is 7.71. The fourth-order valence-corrected chi connectivity index (χ4v) is 1.28. The van der Waals surface area contributed by atoms with Crippen LogP contribution >= 0.6 is 12.2 Å². The molecule has 3 N–H and O–H groups in total. The van der Waals surface area contributed by atoms with Crippen LogP contribution in [0.25, 0.3) is 11.0 Å². The van der Waals surface area contributed by atoms with E-state index in [1.807, 2.05) is 24.3 Å². The highest BCUT2D eigenvalue weighted by Crippen LogP contribution is 2.09. The number of benzene rings is 1. The number of nitrogens with two attached hydrogens (primary N) is 1. The molecule has 0 aliphatic rings. The van der Waals surface area contributed by atoms with Gasteiger partial charge in [-0.15, -0.1) is 0 Å². The van der Waals surface area contributed by atoms with Gasteiger partial charge in [0.25, 0.3) is 0 Å². The van der Waals surface area contributed by atoms with Gasteiger partial charge in [-0.25, -0.2) is 4.68 Å². The number of aromatic nitrogens is 2. The van der Waals surface area contributed by atoms with E-state index in [4.69, 9.17) is 18.1 Å². The largest absolute Gasteiger partial charge is 0.337 e. The molecule has 0 unspecified atom stereocenters. The monoisotopic (exact) mass is 165 g/mol. The van der Waals surface area contributed by atoms with Crippen molar-refractivity contribution in [2.75, 3.05) is 5.84 Å². The summed E-state index contributed by atoms with van der Waals surface area (Å²) in [5.74, 6) is 5.62. The Bertz CT molecular complexity index is 440. The molecule has 0 radical (unpaired) electrons. The Balaban J connectivity index is 3.04. The summed E-state index contributed by atoms with van der Waals surface area (Å²) in [6.07, 6.45) is 0. The minimum Gasteiger partial charge on any atom is -0.337 e. The molecule has 0 amide bonds. The van der Waals surface area contributed by atoms with Gasteiger partial charge in [0.05, 0.1) is 11.0 Å². The Hall–Kier alpha value is -1.29. The van der Waals surface area contributed by atoms with Gasteiger partial charge in [0.2, 0.25) is 0 Å². The number of nitrogen functional groups attached to an aromatic ring is 1. The number of aromatic amines is 1. The minimum atomic E-state index is 0.547. The van der Waals surface area contributed by atoms with Gasteiger partial charge in [-0.05, 0) is 24.4 Å². The summed E-state index contributed by atoms with van der Waals surface area (Å²) in [6, 6.07) is 7.72.